The SMILES string of the molecule is CCC(C)(CCO)NCc1cc(C#N)cs1. The van der Waals surface area contributed by atoms with Gasteiger partial charge >= 0.3 is 0 Å². The number of rotatable bonds is 6. The minimum absolute atomic E-state index is 0.0223. The first-order valence-corrected chi connectivity index (χ1v) is 6.35. The van der Waals surface area contributed by atoms with Crippen LogP contribution in [-0.2, 0) is 6.54 Å². The zero-order chi connectivity index (χ0) is 12.0. The number of aliphatic hydroxyl groups is 1. The molecule has 0 aromatic carbocycles. The van der Waals surface area contributed by atoms with Gasteiger partial charge < -0.3 is 10.4 Å². The summed E-state index contributed by atoms with van der Waals surface area (Å²) in [7, 11) is 0. The monoisotopic (exact) mass is 238 g/mol. The molecular formula is C12H18N2OS. The zero-order valence-electron chi connectivity index (χ0n) is 9.79. The molecule has 4 heteroatoms. The molecule has 88 valence electrons. The number of nitriles is 1. The minimum Gasteiger partial charge on any atom is -0.396 e. The van der Waals surface area contributed by atoms with Crippen molar-refractivity contribution in [2.24, 2.45) is 0 Å². The standard InChI is InChI=1S/C12H18N2OS/c1-3-12(2,4-5-15)14-8-11-6-10(7-13)9-16-11/h6,9,14-15H,3-5,8H2,1-2H3. The summed E-state index contributed by atoms with van der Waals surface area (Å²) < 4.78 is 0. The molecule has 1 unspecified atom stereocenters. The van der Waals surface area contributed by atoms with E-state index in [9.17, 15) is 0 Å². The molecule has 0 amide bonds. The molecule has 3 nitrogen and oxygen atoms in total. The van der Waals surface area contributed by atoms with E-state index in [1.54, 1.807) is 11.3 Å². The summed E-state index contributed by atoms with van der Waals surface area (Å²) in [4.78, 5) is 1.16. The Morgan fingerprint density at radius 2 is 2.38 bits per heavy atom. The molecule has 1 aromatic rings. The third-order valence-corrected chi connectivity index (χ3v) is 3.85. The van der Waals surface area contributed by atoms with Gasteiger partial charge in [-0.15, -0.1) is 11.3 Å². The molecule has 0 aliphatic heterocycles. The van der Waals surface area contributed by atoms with Crippen LogP contribution in [0.4, 0.5) is 0 Å². The first-order valence-electron chi connectivity index (χ1n) is 5.47. The lowest BCUT2D eigenvalue weighted by molar-refractivity contribution is 0.215. The molecular weight excluding hydrogens is 220 g/mol. The first-order chi connectivity index (χ1) is 7.63. The quantitative estimate of drug-likeness (QED) is 0.799. The molecule has 0 aliphatic carbocycles. The van der Waals surface area contributed by atoms with Gasteiger partial charge in [0.2, 0.25) is 0 Å². The molecule has 0 saturated heterocycles. The van der Waals surface area contributed by atoms with Crippen LogP contribution in [0.3, 0.4) is 0 Å². The van der Waals surface area contributed by atoms with E-state index in [1.807, 2.05) is 11.4 Å². The van der Waals surface area contributed by atoms with Gasteiger partial charge in [-0.2, -0.15) is 5.26 Å². The van der Waals surface area contributed by atoms with Gasteiger partial charge in [0.1, 0.15) is 6.07 Å². The van der Waals surface area contributed by atoms with Gasteiger partial charge in [-0.3, -0.25) is 0 Å². The highest BCUT2D eigenvalue weighted by molar-refractivity contribution is 7.10. The smallest absolute Gasteiger partial charge is 0.100 e. The first kappa shape index (κ1) is 13.2. The Kier molecular flexibility index (Phi) is 4.94. The van der Waals surface area contributed by atoms with E-state index in [-0.39, 0.29) is 12.1 Å². The number of thiophene rings is 1. The molecule has 0 fully saturated rings. The summed E-state index contributed by atoms with van der Waals surface area (Å²) in [5.41, 5.74) is 0.702. The molecule has 1 heterocycles. The molecule has 0 radical (unpaired) electrons. The predicted molar refractivity (Wildman–Crippen MR) is 66.3 cm³/mol. The second-order valence-corrected chi connectivity index (χ2v) is 5.15. The van der Waals surface area contributed by atoms with Crippen LogP contribution in [0, 0.1) is 11.3 Å². The predicted octanol–water partition coefficient (Wildman–Crippen LogP) is 2.26. The Morgan fingerprint density at radius 3 is 2.88 bits per heavy atom. The van der Waals surface area contributed by atoms with Crippen LogP contribution >= 0.6 is 11.3 Å². The van der Waals surface area contributed by atoms with E-state index in [4.69, 9.17) is 10.4 Å². The van der Waals surface area contributed by atoms with Crippen LogP contribution in [0.2, 0.25) is 0 Å². The highest BCUT2D eigenvalue weighted by Gasteiger charge is 2.20. The summed E-state index contributed by atoms with van der Waals surface area (Å²) in [6, 6.07) is 4.04. The largest absolute Gasteiger partial charge is 0.396 e. The molecule has 16 heavy (non-hydrogen) atoms. The Balaban J connectivity index is 2.52. The summed E-state index contributed by atoms with van der Waals surface area (Å²) in [6.07, 6.45) is 1.73. The number of nitrogens with zero attached hydrogens (tertiary/aromatic N) is 1. The molecule has 0 saturated carbocycles. The van der Waals surface area contributed by atoms with Crippen molar-refractivity contribution in [2.75, 3.05) is 6.61 Å². The second kappa shape index (κ2) is 6.00. The van der Waals surface area contributed by atoms with Gasteiger partial charge in [-0.05, 0) is 25.8 Å². The van der Waals surface area contributed by atoms with Crippen molar-refractivity contribution in [1.82, 2.24) is 5.32 Å². The Morgan fingerprint density at radius 1 is 1.62 bits per heavy atom. The van der Waals surface area contributed by atoms with E-state index in [0.29, 0.717) is 0 Å². The topological polar surface area (TPSA) is 56.0 Å². The van der Waals surface area contributed by atoms with Crippen LogP contribution in [0.25, 0.3) is 0 Å². The number of hydrogen-bond donors (Lipinski definition) is 2. The Labute approximate surface area is 101 Å². The molecule has 0 spiro atoms. The average Bonchev–Trinajstić information content (AvgIpc) is 2.75. The molecule has 0 bridgehead atoms. The van der Waals surface area contributed by atoms with Gasteiger partial charge in [-0.1, -0.05) is 6.92 Å². The van der Waals surface area contributed by atoms with Crippen molar-refractivity contribution >= 4 is 11.3 Å². The van der Waals surface area contributed by atoms with Crippen molar-refractivity contribution in [3.05, 3.63) is 21.9 Å². The fourth-order valence-electron chi connectivity index (χ4n) is 1.47. The van der Waals surface area contributed by atoms with Gasteiger partial charge in [-0.25, -0.2) is 0 Å². The van der Waals surface area contributed by atoms with Crippen LogP contribution in [-0.4, -0.2) is 17.3 Å². The van der Waals surface area contributed by atoms with Crippen LogP contribution < -0.4 is 5.32 Å². The molecule has 1 rings (SSSR count). The van der Waals surface area contributed by atoms with Crippen molar-refractivity contribution in [3.8, 4) is 6.07 Å². The lowest BCUT2D eigenvalue weighted by Gasteiger charge is -2.28. The van der Waals surface area contributed by atoms with E-state index < -0.39 is 0 Å². The third-order valence-electron chi connectivity index (χ3n) is 2.92. The number of hydrogen-bond acceptors (Lipinski definition) is 4. The van der Waals surface area contributed by atoms with Gasteiger partial charge in [0.15, 0.2) is 0 Å². The van der Waals surface area contributed by atoms with Crippen molar-refractivity contribution in [2.45, 2.75) is 38.8 Å². The fraction of sp³-hybridized carbons (Fsp3) is 0.583. The van der Waals surface area contributed by atoms with E-state index >= 15 is 0 Å². The lowest BCUT2D eigenvalue weighted by Crippen LogP contribution is -2.41. The van der Waals surface area contributed by atoms with Crippen molar-refractivity contribution < 1.29 is 5.11 Å². The van der Waals surface area contributed by atoms with E-state index in [2.05, 4.69) is 25.2 Å². The fourth-order valence-corrected chi connectivity index (χ4v) is 2.22. The number of aliphatic hydroxyl groups excluding tert-OH is 1. The van der Waals surface area contributed by atoms with Gasteiger partial charge in [0.25, 0.3) is 0 Å². The van der Waals surface area contributed by atoms with Gasteiger partial charge in [0, 0.05) is 28.9 Å². The molecule has 1 aromatic heterocycles. The third kappa shape index (κ3) is 3.60. The normalized spacial score (nSPS) is 14.4. The molecule has 1 atom stereocenters. The average molecular weight is 238 g/mol. The van der Waals surface area contributed by atoms with E-state index in [0.717, 1.165) is 29.8 Å². The maximum Gasteiger partial charge on any atom is 0.100 e. The lowest BCUT2D eigenvalue weighted by atomic mass is 9.95. The van der Waals surface area contributed by atoms with Crippen LogP contribution in [0.15, 0.2) is 11.4 Å². The maximum atomic E-state index is 8.99. The summed E-state index contributed by atoms with van der Waals surface area (Å²) >= 11 is 1.60. The maximum absolute atomic E-state index is 8.99. The molecule has 0 aliphatic rings. The van der Waals surface area contributed by atoms with Gasteiger partial charge in [0.05, 0.1) is 5.56 Å². The highest BCUT2D eigenvalue weighted by Crippen LogP contribution is 2.18. The second-order valence-electron chi connectivity index (χ2n) is 4.15. The molecule has 2 N–H and O–H groups in total. The zero-order valence-corrected chi connectivity index (χ0v) is 10.6. The van der Waals surface area contributed by atoms with Crippen LogP contribution in [0.1, 0.15) is 37.1 Å². The summed E-state index contributed by atoms with van der Waals surface area (Å²) in [5.74, 6) is 0. The summed E-state index contributed by atoms with van der Waals surface area (Å²) in [5, 5.41) is 23.0. The number of nitrogens with one attached hydrogen (secondary N) is 1. The van der Waals surface area contributed by atoms with Crippen molar-refractivity contribution in [1.29, 1.82) is 5.26 Å². The van der Waals surface area contributed by atoms with Crippen LogP contribution in [0.5, 0.6) is 0 Å². The Hall–Kier alpha value is -0.890. The van der Waals surface area contributed by atoms with Crippen molar-refractivity contribution in [3.63, 3.8) is 0 Å². The highest BCUT2D eigenvalue weighted by atomic mass is 32.1. The van der Waals surface area contributed by atoms with E-state index in [1.165, 1.54) is 0 Å². The summed E-state index contributed by atoms with van der Waals surface area (Å²) in [6.45, 7) is 5.18. The minimum atomic E-state index is -0.0223. The Bertz CT molecular complexity index is 369.